The fraction of sp³-hybridized carbons (Fsp3) is 0.385. The molecule has 5 rings (SSSR count). The van der Waals surface area contributed by atoms with E-state index in [2.05, 4.69) is 24.4 Å². The van der Waals surface area contributed by atoms with Crippen LogP contribution in [-0.2, 0) is 16.4 Å². The van der Waals surface area contributed by atoms with Gasteiger partial charge in [0.1, 0.15) is 0 Å². The summed E-state index contributed by atoms with van der Waals surface area (Å²) >= 11 is 0. The number of amides is 2. The summed E-state index contributed by atoms with van der Waals surface area (Å²) in [5, 5.41) is 8.41. The van der Waals surface area contributed by atoms with Gasteiger partial charge in [0.25, 0.3) is 0 Å². The average Bonchev–Trinajstić information content (AvgIpc) is 3.45. The standard InChI is InChI=1S/C26H30N4O3S/c1-17-14-24-23(15-20(16-28-24)18-6-8-22(9-7-18)34(27,32)33)25(17)19-10-12-30(13-11-19)26(31)29-21-4-2-3-5-21/h6-10,15-16,21H,2-5,11-14H2,1H3,(H,29,31)(H2,27,32,33). The van der Waals surface area contributed by atoms with E-state index in [0.29, 0.717) is 19.1 Å². The molecule has 1 saturated carbocycles. The van der Waals surface area contributed by atoms with E-state index < -0.39 is 10.0 Å². The van der Waals surface area contributed by atoms with Crippen LogP contribution in [0.2, 0.25) is 0 Å². The van der Waals surface area contributed by atoms with Crippen LogP contribution < -0.4 is 10.5 Å². The molecule has 1 aromatic carbocycles. The van der Waals surface area contributed by atoms with Crippen molar-refractivity contribution in [1.82, 2.24) is 15.2 Å². The Bertz CT molecular complexity index is 1290. The Balaban J connectivity index is 1.35. The molecule has 3 N–H and O–H groups in total. The summed E-state index contributed by atoms with van der Waals surface area (Å²) in [6, 6.07) is 9.08. The average molecular weight is 479 g/mol. The van der Waals surface area contributed by atoms with Crippen LogP contribution in [0, 0.1) is 0 Å². The Labute approximate surface area is 200 Å². The number of urea groups is 1. The Morgan fingerprint density at radius 3 is 2.53 bits per heavy atom. The van der Waals surface area contributed by atoms with Crippen LogP contribution in [0.5, 0.6) is 0 Å². The Morgan fingerprint density at radius 2 is 1.88 bits per heavy atom. The van der Waals surface area contributed by atoms with Gasteiger partial charge in [0, 0.05) is 42.9 Å². The third-order valence-corrected chi connectivity index (χ3v) is 8.04. The summed E-state index contributed by atoms with van der Waals surface area (Å²) in [5.41, 5.74) is 7.80. The van der Waals surface area contributed by atoms with Crippen molar-refractivity contribution in [3.05, 3.63) is 65.0 Å². The minimum absolute atomic E-state index is 0.0478. The predicted molar refractivity (Wildman–Crippen MR) is 132 cm³/mol. The number of pyridine rings is 1. The van der Waals surface area contributed by atoms with Gasteiger partial charge in [-0.25, -0.2) is 18.4 Å². The van der Waals surface area contributed by atoms with E-state index in [1.165, 1.54) is 41.7 Å². The highest BCUT2D eigenvalue weighted by Crippen LogP contribution is 2.40. The van der Waals surface area contributed by atoms with E-state index >= 15 is 0 Å². The molecule has 178 valence electrons. The summed E-state index contributed by atoms with van der Waals surface area (Å²) < 4.78 is 23.1. The van der Waals surface area contributed by atoms with E-state index in [1.54, 1.807) is 12.1 Å². The molecule has 8 heteroatoms. The number of nitrogens with two attached hydrogens (primary N) is 1. The number of rotatable bonds is 4. The number of sulfonamides is 1. The lowest BCUT2D eigenvalue weighted by atomic mass is 9.92. The summed E-state index contributed by atoms with van der Waals surface area (Å²) in [7, 11) is -3.72. The third-order valence-electron chi connectivity index (χ3n) is 7.12. The topological polar surface area (TPSA) is 105 Å². The number of fused-ring (bicyclic) bond motifs is 1. The van der Waals surface area contributed by atoms with Crippen LogP contribution in [-0.4, -0.2) is 43.5 Å². The number of carbonyl (C=O) groups is 1. The Morgan fingerprint density at radius 1 is 1.15 bits per heavy atom. The largest absolute Gasteiger partial charge is 0.335 e. The zero-order valence-corrected chi connectivity index (χ0v) is 20.2. The van der Waals surface area contributed by atoms with E-state index in [1.807, 2.05) is 11.1 Å². The summed E-state index contributed by atoms with van der Waals surface area (Å²) in [4.78, 5) is 19.4. The number of allylic oxidation sites excluding steroid dienone is 2. The first kappa shape index (κ1) is 22.8. The lowest BCUT2D eigenvalue weighted by molar-refractivity contribution is 0.198. The first-order valence-corrected chi connectivity index (χ1v) is 13.4. The van der Waals surface area contributed by atoms with Crippen molar-refractivity contribution >= 4 is 21.6 Å². The van der Waals surface area contributed by atoms with Crippen molar-refractivity contribution in [3.63, 3.8) is 0 Å². The van der Waals surface area contributed by atoms with Gasteiger partial charge in [0.05, 0.1) is 10.6 Å². The van der Waals surface area contributed by atoms with E-state index in [0.717, 1.165) is 48.1 Å². The molecule has 1 aliphatic heterocycles. The van der Waals surface area contributed by atoms with E-state index in [4.69, 9.17) is 10.1 Å². The van der Waals surface area contributed by atoms with Gasteiger partial charge in [-0.15, -0.1) is 0 Å². The number of nitrogens with zero attached hydrogens (tertiary/aromatic N) is 2. The van der Waals surface area contributed by atoms with Crippen LogP contribution in [0.15, 0.2) is 58.6 Å². The Hall–Kier alpha value is -2.97. The summed E-state index contributed by atoms with van der Waals surface area (Å²) in [6.45, 7) is 3.47. The lowest BCUT2D eigenvalue weighted by Gasteiger charge is -2.29. The molecule has 0 unspecified atom stereocenters. The molecule has 0 spiro atoms. The molecule has 1 aromatic heterocycles. The summed E-state index contributed by atoms with van der Waals surface area (Å²) in [6.07, 6.45) is 10.2. The second-order valence-electron chi connectivity index (χ2n) is 9.48. The van der Waals surface area contributed by atoms with Crippen molar-refractivity contribution in [1.29, 1.82) is 0 Å². The van der Waals surface area contributed by atoms with Crippen molar-refractivity contribution in [2.45, 2.75) is 56.4 Å². The summed E-state index contributed by atoms with van der Waals surface area (Å²) in [5.74, 6) is 0. The van der Waals surface area contributed by atoms with Gasteiger partial charge >= 0.3 is 6.03 Å². The molecule has 0 saturated heterocycles. The highest BCUT2D eigenvalue weighted by Gasteiger charge is 2.27. The quantitative estimate of drug-likeness (QED) is 0.693. The van der Waals surface area contributed by atoms with Crippen molar-refractivity contribution < 1.29 is 13.2 Å². The van der Waals surface area contributed by atoms with E-state index in [9.17, 15) is 13.2 Å². The maximum absolute atomic E-state index is 12.7. The maximum Gasteiger partial charge on any atom is 0.317 e. The number of aromatic nitrogens is 1. The normalized spacial score (nSPS) is 18.8. The molecule has 2 aliphatic carbocycles. The molecule has 0 radical (unpaired) electrons. The first-order valence-electron chi connectivity index (χ1n) is 11.9. The second kappa shape index (κ2) is 9.00. The monoisotopic (exact) mass is 478 g/mol. The fourth-order valence-electron chi connectivity index (χ4n) is 5.28. The number of primary sulfonamides is 1. The van der Waals surface area contributed by atoms with Crippen LogP contribution in [0.1, 0.15) is 50.3 Å². The van der Waals surface area contributed by atoms with Gasteiger partial charge in [-0.2, -0.15) is 0 Å². The molecule has 34 heavy (non-hydrogen) atoms. The number of hydrogen-bond acceptors (Lipinski definition) is 4. The van der Waals surface area contributed by atoms with Crippen molar-refractivity contribution in [3.8, 4) is 11.1 Å². The highest BCUT2D eigenvalue weighted by atomic mass is 32.2. The lowest BCUT2D eigenvalue weighted by Crippen LogP contribution is -2.45. The van der Waals surface area contributed by atoms with Gasteiger partial charge in [0.15, 0.2) is 0 Å². The van der Waals surface area contributed by atoms with Gasteiger partial charge in [0.2, 0.25) is 10.0 Å². The second-order valence-corrected chi connectivity index (χ2v) is 11.0. The van der Waals surface area contributed by atoms with Gasteiger partial charge in [-0.1, -0.05) is 36.6 Å². The number of nitrogens with one attached hydrogen (secondary N) is 1. The zero-order valence-electron chi connectivity index (χ0n) is 19.4. The molecule has 1 fully saturated rings. The molecule has 2 heterocycles. The minimum atomic E-state index is -3.72. The maximum atomic E-state index is 12.7. The highest BCUT2D eigenvalue weighted by molar-refractivity contribution is 7.89. The van der Waals surface area contributed by atoms with Gasteiger partial charge in [-0.05, 0) is 61.1 Å². The molecule has 2 amide bonds. The van der Waals surface area contributed by atoms with E-state index in [-0.39, 0.29) is 10.9 Å². The molecule has 7 nitrogen and oxygen atoms in total. The number of carbonyl (C=O) groups excluding carboxylic acids is 1. The fourth-order valence-corrected chi connectivity index (χ4v) is 5.79. The SMILES string of the molecule is CC1=C(C2=CCN(C(=O)NC3CCCC3)CC2)c2cc(-c3ccc(S(N)(=O)=O)cc3)cnc2C1. The molecule has 3 aliphatic rings. The van der Waals surface area contributed by atoms with Crippen LogP contribution >= 0.6 is 0 Å². The molecule has 2 aromatic rings. The smallest absolute Gasteiger partial charge is 0.317 e. The molecule has 0 bridgehead atoms. The Kier molecular flexibility index (Phi) is 6.04. The van der Waals surface area contributed by atoms with Crippen molar-refractivity contribution in [2.75, 3.05) is 13.1 Å². The van der Waals surface area contributed by atoms with Gasteiger partial charge < -0.3 is 10.2 Å². The van der Waals surface area contributed by atoms with Crippen LogP contribution in [0.3, 0.4) is 0 Å². The number of benzene rings is 1. The van der Waals surface area contributed by atoms with Crippen LogP contribution in [0.25, 0.3) is 16.7 Å². The van der Waals surface area contributed by atoms with Gasteiger partial charge in [-0.3, -0.25) is 4.98 Å². The van der Waals surface area contributed by atoms with Crippen molar-refractivity contribution in [2.24, 2.45) is 5.14 Å². The molecular weight excluding hydrogens is 448 g/mol. The van der Waals surface area contributed by atoms with Crippen LogP contribution in [0.4, 0.5) is 4.79 Å². The molecule has 0 atom stereocenters. The first-order chi connectivity index (χ1) is 16.3. The number of hydrogen-bond donors (Lipinski definition) is 2. The zero-order chi connectivity index (χ0) is 23.9. The third kappa shape index (κ3) is 4.52. The molecular formula is C26H30N4O3S. The predicted octanol–water partition coefficient (Wildman–Crippen LogP) is 4.01. The minimum Gasteiger partial charge on any atom is -0.335 e.